The fourth-order valence-electron chi connectivity index (χ4n) is 1.46. The highest BCUT2D eigenvalue weighted by molar-refractivity contribution is 9.10. The Morgan fingerprint density at radius 3 is 2.65 bits per heavy atom. The molecule has 0 heterocycles. The first-order chi connectivity index (χ1) is 7.90. The summed E-state index contributed by atoms with van der Waals surface area (Å²) in [5.74, 6) is -0.827. The number of aliphatic carboxylic acids is 1. The molecule has 0 saturated carbocycles. The maximum atomic E-state index is 10.8. The number of rotatable bonds is 5. The van der Waals surface area contributed by atoms with Gasteiger partial charge in [0.1, 0.15) is 0 Å². The number of hydrogen-bond donors (Lipinski definition) is 1. The van der Waals surface area contributed by atoms with Crippen LogP contribution in [0.25, 0.3) is 0 Å². The second kappa shape index (κ2) is 6.38. The number of benzene rings is 1. The highest BCUT2D eigenvalue weighted by Gasteiger charge is 2.15. The van der Waals surface area contributed by atoms with E-state index in [9.17, 15) is 4.79 Å². The van der Waals surface area contributed by atoms with E-state index in [4.69, 9.17) is 16.7 Å². The number of halogens is 2. The molecule has 0 bridgehead atoms. The third-order valence-corrected chi connectivity index (χ3v) is 3.30. The predicted molar refractivity (Wildman–Crippen MR) is 72.3 cm³/mol. The first-order valence-corrected chi connectivity index (χ1v) is 6.47. The predicted octanol–water partition coefficient (Wildman–Crippen LogP) is 3.40. The zero-order valence-corrected chi connectivity index (χ0v) is 12.1. The lowest BCUT2D eigenvalue weighted by Gasteiger charge is -2.25. The van der Waals surface area contributed by atoms with Crippen LogP contribution in [0.15, 0.2) is 22.7 Å². The number of carbonyl (C=O) groups is 1. The van der Waals surface area contributed by atoms with Gasteiger partial charge in [0.25, 0.3) is 0 Å². The highest BCUT2D eigenvalue weighted by atomic mass is 79.9. The molecule has 0 saturated heterocycles. The summed E-state index contributed by atoms with van der Waals surface area (Å²) in [4.78, 5) is 12.6. The van der Waals surface area contributed by atoms with Crippen molar-refractivity contribution in [3.8, 4) is 0 Å². The van der Waals surface area contributed by atoms with Crippen molar-refractivity contribution in [1.82, 2.24) is 4.90 Å². The van der Waals surface area contributed by atoms with Crippen LogP contribution in [0, 0.1) is 0 Å². The average molecular weight is 321 g/mol. The van der Waals surface area contributed by atoms with Crippen molar-refractivity contribution in [2.45, 2.75) is 26.4 Å². The maximum Gasteiger partial charge on any atom is 0.317 e. The summed E-state index contributed by atoms with van der Waals surface area (Å²) >= 11 is 9.45. The molecular weight excluding hydrogens is 305 g/mol. The lowest BCUT2D eigenvalue weighted by molar-refractivity contribution is -0.138. The first-order valence-electron chi connectivity index (χ1n) is 5.30. The Kier molecular flexibility index (Phi) is 5.43. The molecule has 0 radical (unpaired) electrons. The van der Waals surface area contributed by atoms with Crippen LogP contribution in [0.4, 0.5) is 0 Å². The summed E-state index contributed by atoms with van der Waals surface area (Å²) in [6, 6.07) is 5.78. The minimum Gasteiger partial charge on any atom is -0.480 e. The molecule has 5 heteroatoms. The van der Waals surface area contributed by atoms with E-state index in [1.807, 2.05) is 36.9 Å². The maximum absolute atomic E-state index is 10.8. The molecular formula is C12H15BrClNO2. The lowest BCUT2D eigenvalue weighted by atomic mass is 10.2. The molecule has 1 N–H and O–H groups in total. The van der Waals surface area contributed by atoms with Crippen molar-refractivity contribution in [2.75, 3.05) is 6.54 Å². The van der Waals surface area contributed by atoms with E-state index in [1.165, 1.54) is 0 Å². The van der Waals surface area contributed by atoms with Gasteiger partial charge in [0.05, 0.1) is 6.54 Å². The van der Waals surface area contributed by atoms with Gasteiger partial charge in [-0.05, 0) is 31.5 Å². The molecule has 0 spiro atoms. The van der Waals surface area contributed by atoms with Gasteiger partial charge < -0.3 is 5.11 Å². The second-order valence-corrected chi connectivity index (χ2v) is 5.45. The Morgan fingerprint density at radius 1 is 1.53 bits per heavy atom. The van der Waals surface area contributed by atoms with Gasteiger partial charge in [-0.15, -0.1) is 0 Å². The van der Waals surface area contributed by atoms with Gasteiger partial charge in [-0.2, -0.15) is 0 Å². The van der Waals surface area contributed by atoms with Crippen LogP contribution in [0.3, 0.4) is 0 Å². The Hall–Kier alpha value is -0.580. The molecule has 1 aromatic carbocycles. The summed E-state index contributed by atoms with van der Waals surface area (Å²) in [5.41, 5.74) is 0.935. The quantitative estimate of drug-likeness (QED) is 0.904. The van der Waals surface area contributed by atoms with Crippen LogP contribution in [0.2, 0.25) is 5.02 Å². The third-order valence-electron chi connectivity index (χ3n) is 2.46. The average Bonchev–Trinajstić information content (AvgIpc) is 2.19. The van der Waals surface area contributed by atoms with Crippen molar-refractivity contribution in [1.29, 1.82) is 0 Å². The van der Waals surface area contributed by atoms with Crippen molar-refractivity contribution in [3.63, 3.8) is 0 Å². The summed E-state index contributed by atoms with van der Waals surface area (Å²) < 4.78 is 0.917. The van der Waals surface area contributed by atoms with E-state index in [0.717, 1.165) is 10.0 Å². The van der Waals surface area contributed by atoms with E-state index in [1.54, 1.807) is 0 Å². The summed E-state index contributed by atoms with van der Waals surface area (Å²) in [6.07, 6.45) is 0. The van der Waals surface area contributed by atoms with Crippen molar-refractivity contribution < 1.29 is 9.90 Å². The van der Waals surface area contributed by atoms with E-state index < -0.39 is 5.97 Å². The topological polar surface area (TPSA) is 40.5 Å². The van der Waals surface area contributed by atoms with Crippen LogP contribution >= 0.6 is 27.5 Å². The van der Waals surface area contributed by atoms with Gasteiger partial charge in [-0.1, -0.05) is 33.6 Å². The van der Waals surface area contributed by atoms with Crippen LogP contribution < -0.4 is 0 Å². The molecule has 0 fully saturated rings. The normalized spacial score (nSPS) is 11.2. The largest absolute Gasteiger partial charge is 0.480 e. The molecule has 17 heavy (non-hydrogen) atoms. The number of nitrogens with zero attached hydrogens (tertiary/aromatic N) is 1. The van der Waals surface area contributed by atoms with Crippen molar-refractivity contribution in [3.05, 3.63) is 33.3 Å². The third kappa shape index (κ3) is 4.66. The van der Waals surface area contributed by atoms with E-state index in [2.05, 4.69) is 15.9 Å². The monoisotopic (exact) mass is 319 g/mol. The minimum atomic E-state index is -0.827. The van der Waals surface area contributed by atoms with E-state index in [-0.39, 0.29) is 12.6 Å². The molecule has 0 unspecified atom stereocenters. The summed E-state index contributed by atoms with van der Waals surface area (Å²) in [7, 11) is 0. The highest BCUT2D eigenvalue weighted by Crippen LogP contribution is 2.23. The Morgan fingerprint density at radius 2 is 2.18 bits per heavy atom. The summed E-state index contributed by atoms with van der Waals surface area (Å²) in [6.45, 7) is 4.49. The van der Waals surface area contributed by atoms with Crippen molar-refractivity contribution in [2.24, 2.45) is 0 Å². The van der Waals surface area contributed by atoms with Crippen LogP contribution in [-0.2, 0) is 11.3 Å². The molecule has 0 atom stereocenters. The minimum absolute atomic E-state index is 0.0179. The van der Waals surface area contributed by atoms with Crippen molar-refractivity contribution >= 4 is 33.5 Å². The smallest absolute Gasteiger partial charge is 0.317 e. The Labute approximate surface area is 115 Å². The molecule has 0 aliphatic rings. The number of carboxylic acids is 1. The zero-order chi connectivity index (χ0) is 13.0. The van der Waals surface area contributed by atoms with E-state index in [0.29, 0.717) is 11.6 Å². The molecule has 3 nitrogen and oxygen atoms in total. The van der Waals surface area contributed by atoms with Crippen LogP contribution in [0.1, 0.15) is 19.4 Å². The van der Waals surface area contributed by atoms with E-state index >= 15 is 0 Å². The van der Waals surface area contributed by atoms with Gasteiger partial charge >= 0.3 is 5.97 Å². The van der Waals surface area contributed by atoms with Gasteiger partial charge in [-0.25, -0.2) is 0 Å². The molecule has 1 rings (SSSR count). The van der Waals surface area contributed by atoms with Crippen LogP contribution in [0.5, 0.6) is 0 Å². The fourth-order valence-corrected chi connectivity index (χ4v) is 2.20. The molecule has 94 valence electrons. The summed E-state index contributed by atoms with van der Waals surface area (Å²) in [5, 5.41) is 9.49. The second-order valence-electron chi connectivity index (χ2n) is 4.13. The molecule has 0 amide bonds. The van der Waals surface area contributed by atoms with Gasteiger partial charge in [-0.3, -0.25) is 9.69 Å². The Bertz CT molecular complexity index is 409. The van der Waals surface area contributed by atoms with Gasteiger partial charge in [0, 0.05) is 22.1 Å². The fraction of sp³-hybridized carbons (Fsp3) is 0.417. The van der Waals surface area contributed by atoms with Gasteiger partial charge in [0.15, 0.2) is 0 Å². The SMILES string of the molecule is CC(C)N(CC(=O)O)Cc1ccc(Br)cc1Cl. The lowest BCUT2D eigenvalue weighted by Crippen LogP contribution is -2.35. The number of hydrogen-bond acceptors (Lipinski definition) is 2. The Balaban J connectivity index is 2.82. The molecule has 0 aromatic heterocycles. The zero-order valence-electron chi connectivity index (χ0n) is 9.78. The van der Waals surface area contributed by atoms with Crippen LogP contribution in [-0.4, -0.2) is 28.6 Å². The molecule has 0 aliphatic carbocycles. The molecule has 0 aliphatic heterocycles. The van der Waals surface area contributed by atoms with Gasteiger partial charge in [0.2, 0.25) is 0 Å². The standard InChI is InChI=1S/C12H15BrClNO2/c1-8(2)15(7-12(16)17)6-9-3-4-10(13)5-11(9)14/h3-5,8H,6-7H2,1-2H3,(H,16,17). The molecule has 1 aromatic rings. The first kappa shape index (κ1) is 14.5. The number of carboxylic acid groups (broad SMARTS) is 1.